The summed E-state index contributed by atoms with van der Waals surface area (Å²) in [6.07, 6.45) is 1.44. The average molecular weight is 425 g/mol. The van der Waals surface area contributed by atoms with Crippen molar-refractivity contribution in [2.45, 2.75) is 40.2 Å². The maximum atomic E-state index is 13.2. The van der Waals surface area contributed by atoms with Gasteiger partial charge in [0.05, 0.1) is 23.6 Å². The number of nitrogens with zero attached hydrogens (tertiary/aromatic N) is 4. The second-order valence-corrected chi connectivity index (χ2v) is 8.47. The number of rotatable bonds is 5. The molecule has 1 fully saturated rings. The van der Waals surface area contributed by atoms with Gasteiger partial charge in [0.1, 0.15) is 5.52 Å². The molecule has 0 aliphatic carbocycles. The molecule has 1 unspecified atom stereocenters. The summed E-state index contributed by atoms with van der Waals surface area (Å²) in [5.41, 5.74) is 1.99. The summed E-state index contributed by atoms with van der Waals surface area (Å²) in [4.78, 5) is 40.2. The molecule has 8 nitrogen and oxygen atoms in total. The Morgan fingerprint density at radius 2 is 1.94 bits per heavy atom. The van der Waals surface area contributed by atoms with E-state index in [-0.39, 0.29) is 29.0 Å². The number of esters is 1. The van der Waals surface area contributed by atoms with Crippen molar-refractivity contribution in [1.29, 1.82) is 0 Å². The van der Waals surface area contributed by atoms with Gasteiger partial charge in [-0.25, -0.2) is 4.52 Å². The first-order valence-corrected chi connectivity index (χ1v) is 10.9. The SMILES string of the molecule is CCOC(=O)C1CCCN(C(=O)c2cc3c(=O)n(CC(C)C)c4ccccc4n3n2)C1. The molecule has 0 spiro atoms. The summed E-state index contributed by atoms with van der Waals surface area (Å²) >= 11 is 0. The monoisotopic (exact) mass is 424 g/mol. The first kappa shape index (κ1) is 21.1. The molecule has 0 bridgehead atoms. The smallest absolute Gasteiger partial charge is 0.310 e. The average Bonchev–Trinajstić information content (AvgIpc) is 3.22. The van der Waals surface area contributed by atoms with Gasteiger partial charge in [-0.15, -0.1) is 0 Å². The van der Waals surface area contributed by atoms with Crippen molar-refractivity contribution in [3.05, 3.63) is 46.4 Å². The number of para-hydroxylation sites is 2. The minimum absolute atomic E-state index is 0.165. The molecule has 4 rings (SSSR count). The maximum absolute atomic E-state index is 13.2. The van der Waals surface area contributed by atoms with Crippen LogP contribution in [0.2, 0.25) is 0 Å². The Morgan fingerprint density at radius 1 is 1.19 bits per heavy atom. The molecule has 1 amide bonds. The van der Waals surface area contributed by atoms with Crippen molar-refractivity contribution in [1.82, 2.24) is 19.1 Å². The van der Waals surface area contributed by atoms with E-state index in [0.29, 0.717) is 44.1 Å². The fourth-order valence-electron chi connectivity index (χ4n) is 4.26. The lowest BCUT2D eigenvalue weighted by Gasteiger charge is -2.31. The van der Waals surface area contributed by atoms with Crippen LogP contribution < -0.4 is 5.56 Å². The second kappa shape index (κ2) is 8.53. The lowest BCUT2D eigenvalue weighted by atomic mass is 9.98. The standard InChI is InChI=1S/C23H28N4O4/c1-4-31-23(30)16-8-7-11-25(14-16)21(28)17-12-20-22(29)26(13-15(2)3)18-9-5-6-10-19(18)27(20)24-17/h5-6,9-10,12,15-16H,4,7-8,11,13-14H2,1-3H3. The molecule has 31 heavy (non-hydrogen) atoms. The third-order valence-corrected chi connectivity index (χ3v) is 5.67. The van der Waals surface area contributed by atoms with Gasteiger partial charge in [-0.3, -0.25) is 14.4 Å². The molecule has 0 N–H and O–H groups in total. The van der Waals surface area contributed by atoms with E-state index < -0.39 is 0 Å². The number of fused-ring (bicyclic) bond motifs is 3. The predicted octanol–water partition coefficient (Wildman–Crippen LogP) is 2.72. The largest absolute Gasteiger partial charge is 0.466 e. The highest BCUT2D eigenvalue weighted by molar-refractivity contribution is 5.94. The molecule has 164 valence electrons. The van der Waals surface area contributed by atoms with Crippen LogP contribution in [-0.2, 0) is 16.1 Å². The van der Waals surface area contributed by atoms with Gasteiger partial charge in [-0.1, -0.05) is 26.0 Å². The number of likely N-dealkylation sites (tertiary alicyclic amines) is 1. The first-order chi connectivity index (χ1) is 14.9. The zero-order valence-electron chi connectivity index (χ0n) is 18.2. The second-order valence-electron chi connectivity index (χ2n) is 8.47. The highest BCUT2D eigenvalue weighted by atomic mass is 16.5. The van der Waals surface area contributed by atoms with E-state index >= 15 is 0 Å². The molecule has 3 heterocycles. The number of hydrogen-bond donors (Lipinski definition) is 0. The van der Waals surface area contributed by atoms with Crippen molar-refractivity contribution in [3.8, 4) is 0 Å². The Hall–Kier alpha value is -3.16. The normalized spacial score (nSPS) is 16.9. The van der Waals surface area contributed by atoms with Crippen molar-refractivity contribution in [3.63, 3.8) is 0 Å². The van der Waals surface area contributed by atoms with Crippen molar-refractivity contribution in [2.75, 3.05) is 19.7 Å². The number of aromatic nitrogens is 3. The van der Waals surface area contributed by atoms with Gasteiger partial charge in [-0.05, 0) is 37.8 Å². The van der Waals surface area contributed by atoms with Gasteiger partial charge >= 0.3 is 5.97 Å². The molecule has 1 saturated heterocycles. The Bertz CT molecular complexity index is 1190. The summed E-state index contributed by atoms with van der Waals surface area (Å²) in [6.45, 7) is 7.67. The van der Waals surface area contributed by atoms with E-state index in [4.69, 9.17) is 4.74 Å². The van der Waals surface area contributed by atoms with Crippen LogP contribution in [0.4, 0.5) is 0 Å². The third-order valence-electron chi connectivity index (χ3n) is 5.67. The van der Waals surface area contributed by atoms with E-state index in [9.17, 15) is 14.4 Å². The third kappa shape index (κ3) is 3.94. The quantitative estimate of drug-likeness (QED) is 0.588. The fraction of sp³-hybridized carbons (Fsp3) is 0.478. The van der Waals surface area contributed by atoms with E-state index in [1.807, 2.05) is 24.3 Å². The molecule has 1 aliphatic rings. The van der Waals surface area contributed by atoms with Crippen molar-refractivity contribution >= 4 is 28.4 Å². The zero-order valence-corrected chi connectivity index (χ0v) is 18.2. The molecular weight excluding hydrogens is 396 g/mol. The zero-order chi connectivity index (χ0) is 22.1. The summed E-state index contributed by atoms with van der Waals surface area (Å²) in [5, 5.41) is 4.50. The van der Waals surface area contributed by atoms with E-state index in [1.165, 1.54) is 0 Å². The van der Waals surface area contributed by atoms with Crippen LogP contribution in [0, 0.1) is 11.8 Å². The first-order valence-electron chi connectivity index (χ1n) is 10.9. The highest BCUT2D eigenvalue weighted by Crippen LogP contribution is 2.21. The number of piperidine rings is 1. The van der Waals surface area contributed by atoms with Crippen LogP contribution >= 0.6 is 0 Å². The van der Waals surface area contributed by atoms with Gasteiger partial charge in [-0.2, -0.15) is 5.10 Å². The Kier molecular flexibility index (Phi) is 5.80. The summed E-state index contributed by atoms with van der Waals surface area (Å²) in [7, 11) is 0. The minimum Gasteiger partial charge on any atom is -0.466 e. The molecule has 1 aliphatic heterocycles. The summed E-state index contributed by atoms with van der Waals surface area (Å²) in [6, 6.07) is 9.16. The number of amides is 1. The Balaban J connectivity index is 1.73. The molecular formula is C23H28N4O4. The molecule has 2 aromatic heterocycles. The van der Waals surface area contributed by atoms with Gasteiger partial charge in [0.2, 0.25) is 0 Å². The lowest BCUT2D eigenvalue weighted by Crippen LogP contribution is -2.43. The molecule has 8 heteroatoms. The number of carbonyl (C=O) groups is 2. The van der Waals surface area contributed by atoms with E-state index in [1.54, 1.807) is 27.0 Å². The molecule has 1 atom stereocenters. The predicted molar refractivity (Wildman–Crippen MR) is 117 cm³/mol. The lowest BCUT2D eigenvalue weighted by molar-refractivity contribution is -0.149. The van der Waals surface area contributed by atoms with Gasteiger partial charge in [0.25, 0.3) is 11.5 Å². The van der Waals surface area contributed by atoms with Crippen molar-refractivity contribution in [2.24, 2.45) is 11.8 Å². The minimum atomic E-state index is -0.321. The van der Waals surface area contributed by atoms with Gasteiger partial charge in [0.15, 0.2) is 5.69 Å². The Labute approximate surface area is 180 Å². The highest BCUT2D eigenvalue weighted by Gasteiger charge is 2.31. The van der Waals surface area contributed by atoms with E-state index in [0.717, 1.165) is 17.5 Å². The number of benzene rings is 1. The number of carbonyl (C=O) groups excluding carboxylic acids is 2. The maximum Gasteiger partial charge on any atom is 0.310 e. The van der Waals surface area contributed by atoms with E-state index in [2.05, 4.69) is 18.9 Å². The molecule has 0 saturated carbocycles. The van der Waals surface area contributed by atoms with Crippen LogP contribution in [0.3, 0.4) is 0 Å². The summed E-state index contributed by atoms with van der Waals surface area (Å²) < 4.78 is 8.45. The van der Waals surface area contributed by atoms with Crippen LogP contribution in [-0.4, -0.2) is 50.7 Å². The summed E-state index contributed by atoms with van der Waals surface area (Å²) in [5.74, 6) is -0.561. The van der Waals surface area contributed by atoms with Crippen LogP contribution in [0.25, 0.3) is 16.6 Å². The van der Waals surface area contributed by atoms with Crippen LogP contribution in [0.15, 0.2) is 35.1 Å². The van der Waals surface area contributed by atoms with Crippen LogP contribution in [0.1, 0.15) is 44.1 Å². The Morgan fingerprint density at radius 3 is 2.65 bits per heavy atom. The molecule has 3 aromatic rings. The molecule has 1 aromatic carbocycles. The van der Waals surface area contributed by atoms with Crippen LogP contribution in [0.5, 0.6) is 0 Å². The fourth-order valence-corrected chi connectivity index (χ4v) is 4.26. The molecule has 0 radical (unpaired) electrons. The number of ether oxygens (including phenoxy) is 1. The topological polar surface area (TPSA) is 85.9 Å². The van der Waals surface area contributed by atoms with Crippen molar-refractivity contribution < 1.29 is 14.3 Å². The van der Waals surface area contributed by atoms with Gasteiger partial charge in [0, 0.05) is 25.7 Å². The van der Waals surface area contributed by atoms with Gasteiger partial charge < -0.3 is 14.2 Å². The number of hydrogen-bond acceptors (Lipinski definition) is 5.